The average Bonchev–Trinajstić information content (AvgIpc) is 2.25. The molecule has 0 radical (unpaired) electrons. The van der Waals surface area contributed by atoms with Gasteiger partial charge in [0.05, 0.1) is 18.1 Å². The molecule has 4 nitrogen and oxygen atoms in total. The largest absolute Gasteiger partial charge is 0.505 e. The van der Waals surface area contributed by atoms with Crippen molar-refractivity contribution in [1.82, 2.24) is 0 Å². The van der Waals surface area contributed by atoms with Gasteiger partial charge in [-0.1, -0.05) is 0 Å². The fraction of sp³-hybridized carbons (Fsp3) is 0.300. The Morgan fingerprint density at radius 1 is 1.47 bits per heavy atom. The van der Waals surface area contributed by atoms with E-state index in [1.165, 1.54) is 0 Å². The molecule has 1 N–H and O–H groups in total. The standard InChI is InChI=1S/C10H8FNO3/c11-7-5-8-10(15-4-3-14-8)6(1-2-12)9(7)13/h5,13H,1,3-4H2. The SMILES string of the molecule is N#CCc1c(O)c(F)cc2c1OCCO2. The molecular formula is C10H8FNO3. The van der Waals surface area contributed by atoms with Crippen LogP contribution in [0.15, 0.2) is 6.07 Å². The minimum Gasteiger partial charge on any atom is -0.505 e. The lowest BCUT2D eigenvalue weighted by Gasteiger charge is -2.21. The number of aromatic hydroxyl groups is 1. The zero-order valence-corrected chi connectivity index (χ0v) is 7.79. The van der Waals surface area contributed by atoms with E-state index in [0.29, 0.717) is 13.2 Å². The third-order valence-electron chi connectivity index (χ3n) is 2.11. The summed E-state index contributed by atoms with van der Waals surface area (Å²) >= 11 is 0. The summed E-state index contributed by atoms with van der Waals surface area (Å²) in [5.74, 6) is -0.839. The Kier molecular flexibility index (Phi) is 2.34. The third-order valence-corrected chi connectivity index (χ3v) is 2.11. The smallest absolute Gasteiger partial charge is 0.169 e. The second-order valence-corrected chi connectivity index (χ2v) is 3.04. The molecule has 1 aliphatic rings. The van der Waals surface area contributed by atoms with Gasteiger partial charge in [0.2, 0.25) is 0 Å². The van der Waals surface area contributed by atoms with Crippen LogP contribution in [0.3, 0.4) is 0 Å². The van der Waals surface area contributed by atoms with Gasteiger partial charge in [-0.25, -0.2) is 4.39 Å². The van der Waals surface area contributed by atoms with Crippen LogP contribution in [-0.4, -0.2) is 18.3 Å². The predicted octanol–water partition coefficient (Wildman–Crippen LogP) is 1.37. The van der Waals surface area contributed by atoms with Crippen molar-refractivity contribution < 1.29 is 19.0 Å². The molecule has 0 aromatic heterocycles. The highest BCUT2D eigenvalue weighted by atomic mass is 19.1. The molecule has 1 aromatic carbocycles. The number of benzene rings is 1. The maximum Gasteiger partial charge on any atom is 0.169 e. The summed E-state index contributed by atoms with van der Waals surface area (Å²) in [4.78, 5) is 0. The molecule has 2 rings (SSSR count). The van der Waals surface area contributed by atoms with E-state index in [0.717, 1.165) is 6.07 Å². The summed E-state index contributed by atoms with van der Waals surface area (Å²) < 4.78 is 23.6. The molecule has 15 heavy (non-hydrogen) atoms. The van der Waals surface area contributed by atoms with Crippen molar-refractivity contribution in [1.29, 1.82) is 5.26 Å². The lowest BCUT2D eigenvalue weighted by molar-refractivity contribution is 0.168. The number of hydrogen-bond acceptors (Lipinski definition) is 4. The number of phenols is 1. The van der Waals surface area contributed by atoms with Crippen molar-refractivity contribution >= 4 is 0 Å². The maximum atomic E-state index is 13.2. The van der Waals surface area contributed by atoms with Gasteiger partial charge < -0.3 is 14.6 Å². The van der Waals surface area contributed by atoms with Gasteiger partial charge >= 0.3 is 0 Å². The van der Waals surface area contributed by atoms with Crippen LogP contribution in [0.4, 0.5) is 4.39 Å². The predicted molar refractivity (Wildman–Crippen MR) is 48.4 cm³/mol. The average molecular weight is 209 g/mol. The molecule has 1 aromatic rings. The number of halogens is 1. The molecule has 0 aliphatic carbocycles. The molecule has 0 amide bonds. The molecule has 5 heteroatoms. The lowest BCUT2D eigenvalue weighted by atomic mass is 10.1. The molecule has 1 heterocycles. The van der Waals surface area contributed by atoms with Crippen LogP contribution >= 0.6 is 0 Å². The first-order valence-electron chi connectivity index (χ1n) is 4.41. The van der Waals surface area contributed by atoms with Gasteiger partial charge in [-0.05, 0) is 0 Å². The summed E-state index contributed by atoms with van der Waals surface area (Å²) in [6.45, 7) is 0.666. The third kappa shape index (κ3) is 1.54. The van der Waals surface area contributed by atoms with Crippen molar-refractivity contribution in [3.63, 3.8) is 0 Å². The number of hydrogen-bond donors (Lipinski definition) is 1. The zero-order valence-electron chi connectivity index (χ0n) is 7.79. The summed E-state index contributed by atoms with van der Waals surface area (Å²) in [5.41, 5.74) is 0.146. The highest BCUT2D eigenvalue weighted by molar-refractivity contribution is 5.55. The molecule has 0 atom stereocenters. The van der Waals surface area contributed by atoms with Crippen LogP contribution < -0.4 is 9.47 Å². The lowest BCUT2D eigenvalue weighted by Crippen LogP contribution is -2.17. The second kappa shape index (κ2) is 3.65. The second-order valence-electron chi connectivity index (χ2n) is 3.04. The quantitative estimate of drug-likeness (QED) is 0.758. The Labute approximate surface area is 85.5 Å². The van der Waals surface area contributed by atoms with Crippen molar-refractivity contribution in [2.24, 2.45) is 0 Å². The first kappa shape index (κ1) is 9.59. The van der Waals surface area contributed by atoms with Crippen LogP contribution in [0.2, 0.25) is 0 Å². The Morgan fingerprint density at radius 3 is 2.93 bits per heavy atom. The number of fused-ring (bicyclic) bond motifs is 1. The zero-order chi connectivity index (χ0) is 10.8. The van der Waals surface area contributed by atoms with Gasteiger partial charge in [0, 0.05) is 6.07 Å². The van der Waals surface area contributed by atoms with E-state index in [4.69, 9.17) is 14.7 Å². The van der Waals surface area contributed by atoms with E-state index in [9.17, 15) is 9.50 Å². The summed E-state index contributed by atoms with van der Waals surface area (Å²) in [7, 11) is 0. The van der Waals surface area contributed by atoms with E-state index < -0.39 is 11.6 Å². The van der Waals surface area contributed by atoms with E-state index >= 15 is 0 Å². The van der Waals surface area contributed by atoms with E-state index in [2.05, 4.69) is 0 Å². The highest BCUT2D eigenvalue weighted by Crippen LogP contribution is 2.40. The number of ether oxygens (including phenoxy) is 2. The monoisotopic (exact) mass is 209 g/mol. The van der Waals surface area contributed by atoms with Crippen LogP contribution in [0.25, 0.3) is 0 Å². The van der Waals surface area contributed by atoms with Crippen LogP contribution in [-0.2, 0) is 6.42 Å². The van der Waals surface area contributed by atoms with E-state index in [1.807, 2.05) is 6.07 Å². The number of nitrogens with zero attached hydrogens (tertiary/aromatic N) is 1. The van der Waals surface area contributed by atoms with Crippen LogP contribution in [0.1, 0.15) is 5.56 Å². The summed E-state index contributed by atoms with van der Waals surface area (Å²) in [6.07, 6.45) is -0.116. The fourth-order valence-electron chi connectivity index (χ4n) is 1.45. The minimum atomic E-state index is -0.801. The maximum absolute atomic E-state index is 13.2. The van der Waals surface area contributed by atoms with E-state index in [-0.39, 0.29) is 23.5 Å². The molecule has 78 valence electrons. The number of rotatable bonds is 1. The Morgan fingerprint density at radius 2 is 2.20 bits per heavy atom. The Hall–Kier alpha value is -1.96. The van der Waals surface area contributed by atoms with Crippen molar-refractivity contribution in [3.8, 4) is 23.3 Å². The van der Waals surface area contributed by atoms with Gasteiger partial charge in [-0.15, -0.1) is 0 Å². The molecule has 0 unspecified atom stereocenters. The topological polar surface area (TPSA) is 62.5 Å². The fourth-order valence-corrected chi connectivity index (χ4v) is 1.45. The molecule has 0 bridgehead atoms. The van der Waals surface area contributed by atoms with Gasteiger partial charge in [-0.3, -0.25) is 0 Å². The summed E-state index contributed by atoms with van der Waals surface area (Å²) in [6, 6.07) is 2.90. The molecule has 0 spiro atoms. The van der Waals surface area contributed by atoms with Gasteiger partial charge in [0.25, 0.3) is 0 Å². The van der Waals surface area contributed by atoms with Gasteiger partial charge in [-0.2, -0.15) is 5.26 Å². The van der Waals surface area contributed by atoms with E-state index in [1.54, 1.807) is 0 Å². The van der Waals surface area contributed by atoms with Crippen LogP contribution in [0, 0.1) is 17.1 Å². The van der Waals surface area contributed by atoms with Crippen molar-refractivity contribution in [2.75, 3.05) is 13.2 Å². The van der Waals surface area contributed by atoms with Gasteiger partial charge in [0.15, 0.2) is 23.1 Å². The van der Waals surface area contributed by atoms with Crippen LogP contribution in [0.5, 0.6) is 17.2 Å². The normalized spacial score (nSPS) is 13.3. The van der Waals surface area contributed by atoms with Crippen molar-refractivity contribution in [3.05, 3.63) is 17.4 Å². The molecule has 0 saturated carbocycles. The first-order chi connectivity index (χ1) is 7.24. The highest BCUT2D eigenvalue weighted by Gasteiger charge is 2.22. The molecule has 0 fully saturated rings. The number of nitriles is 1. The summed E-state index contributed by atoms with van der Waals surface area (Å²) in [5, 5.41) is 18.0. The van der Waals surface area contributed by atoms with Crippen molar-refractivity contribution in [2.45, 2.75) is 6.42 Å². The number of phenolic OH excluding ortho intramolecular Hbond substituents is 1. The Bertz CT molecular complexity index is 439. The minimum absolute atomic E-state index is 0.116. The first-order valence-corrected chi connectivity index (χ1v) is 4.41. The molecule has 1 aliphatic heterocycles. The Balaban J connectivity index is 2.58. The molecule has 0 saturated heterocycles. The molecular weight excluding hydrogens is 201 g/mol. The van der Waals surface area contributed by atoms with Gasteiger partial charge in [0.1, 0.15) is 13.2 Å².